The van der Waals surface area contributed by atoms with Crippen LogP contribution in [0.2, 0.25) is 0 Å². The van der Waals surface area contributed by atoms with E-state index in [0.717, 1.165) is 39.9 Å². The third-order valence-electron chi connectivity index (χ3n) is 5.94. The second-order valence-corrected chi connectivity index (χ2v) is 7.67. The van der Waals surface area contributed by atoms with Crippen LogP contribution in [0, 0.1) is 33.5 Å². The predicted octanol–water partition coefficient (Wildman–Crippen LogP) is 6.22. The van der Waals surface area contributed by atoms with Crippen molar-refractivity contribution in [3.8, 4) is 11.3 Å². The standard InChI is InChI=1S/C24H29FN/c1-8-14(2)19-9-10-21-20(13-19)12-17(5)26(7)24(21)22-18(6)15(3)11-16(4)23(22)25/h9-14H,8H2,1-7H3/q+1. The zero-order chi connectivity index (χ0) is 19.2. The predicted molar refractivity (Wildman–Crippen MR) is 108 cm³/mol. The molecule has 1 nitrogen and oxygen atoms in total. The maximum atomic E-state index is 15.2. The fourth-order valence-corrected chi connectivity index (χ4v) is 3.78. The largest absolute Gasteiger partial charge is 0.223 e. The second-order valence-electron chi connectivity index (χ2n) is 7.67. The molecule has 1 heterocycles. The number of hydrogen-bond donors (Lipinski definition) is 0. The van der Waals surface area contributed by atoms with Crippen LogP contribution in [0.25, 0.3) is 22.0 Å². The van der Waals surface area contributed by atoms with Gasteiger partial charge in [-0.3, -0.25) is 0 Å². The van der Waals surface area contributed by atoms with Gasteiger partial charge in [0.15, 0.2) is 5.69 Å². The Morgan fingerprint density at radius 3 is 2.35 bits per heavy atom. The highest BCUT2D eigenvalue weighted by atomic mass is 19.1. The first kappa shape index (κ1) is 18.6. The lowest BCUT2D eigenvalue weighted by Crippen LogP contribution is -2.35. The lowest BCUT2D eigenvalue weighted by molar-refractivity contribution is -0.665. The number of nitrogens with zero attached hydrogens (tertiary/aromatic N) is 1. The van der Waals surface area contributed by atoms with E-state index in [9.17, 15) is 0 Å². The summed E-state index contributed by atoms with van der Waals surface area (Å²) in [6, 6.07) is 10.8. The molecule has 0 radical (unpaired) electrons. The zero-order valence-corrected chi connectivity index (χ0v) is 17.0. The van der Waals surface area contributed by atoms with Gasteiger partial charge in [0.2, 0.25) is 5.69 Å². The number of fused-ring (bicyclic) bond motifs is 1. The summed E-state index contributed by atoms with van der Waals surface area (Å²) in [7, 11) is 2.03. The first-order valence-corrected chi connectivity index (χ1v) is 9.46. The first-order chi connectivity index (χ1) is 12.3. The molecule has 2 aromatic carbocycles. The van der Waals surface area contributed by atoms with Gasteiger partial charge in [-0.05, 0) is 66.8 Å². The lowest BCUT2D eigenvalue weighted by atomic mass is 9.91. The summed E-state index contributed by atoms with van der Waals surface area (Å²) in [5.74, 6) is 0.415. The smallest absolute Gasteiger partial charge is 0.206 e. The van der Waals surface area contributed by atoms with Crippen molar-refractivity contribution in [2.45, 2.75) is 53.9 Å². The van der Waals surface area contributed by atoms with Gasteiger partial charge in [0, 0.05) is 13.0 Å². The molecule has 136 valence electrons. The SMILES string of the molecule is CCC(C)c1ccc2c(-c3c(C)c(C)cc(C)c3F)[n+](C)c(C)cc2c1. The van der Waals surface area contributed by atoms with E-state index in [1.807, 2.05) is 27.0 Å². The molecule has 0 bridgehead atoms. The van der Waals surface area contributed by atoms with Crippen molar-refractivity contribution in [1.82, 2.24) is 0 Å². The van der Waals surface area contributed by atoms with Crippen LogP contribution in [0.4, 0.5) is 4.39 Å². The molecule has 0 aliphatic heterocycles. The van der Waals surface area contributed by atoms with Crippen LogP contribution in [-0.4, -0.2) is 0 Å². The summed E-state index contributed by atoms with van der Waals surface area (Å²) in [4.78, 5) is 0. The van der Waals surface area contributed by atoms with Gasteiger partial charge in [-0.1, -0.05) is 32.0 Å². The van der Waals surface area contributed by atoms with Crippen LogP contribution in [0.5, 0.6) is 0 Å². The van der Waals surface area contributed by atoms with Gasteiger partial charge in [-0.25, -0.2) is 4.39 Å². The normalized spacial score (nSPS) is 12.6. The van der Waals surface area contributed by atoms with Crippen LogP contribution in [0.1, 0.15) is 54.1 Å². The molecule has 0 saturated heterocycles. The Bertz CT molecular complexity index is 975. The van der Waals surface area contributed by atoms with Crippen LogP contribution in [-0.2, 0) is 7.05 Å². The number of aromatic nitrogens is 1. The van der Waals surface area contributed by atoms with Crippen molar-refractivity contribution in [2.24, 2.45) is 7.05 Å². The molecule has 0 saturated carbocycles. The van der Waals surface area contributed by atoms with E-state index in [1.54, 1.807) is 0 Å². The Morgan fingerprint density at radius 2 is 1.69 bits per heavy atom. The van der Waals surface area contributed by atoms with Crippen molar-refractivity contribution in [2.75, 3.05) is 0 Å². The van der Waals surface area contributed by atoms with Gasteiger partial charge in [0.25, 0.3) is 0 Å². The van der Waals surface area contributed by atoms with E-state index >= 15 is 4.39 Å². The highest BCUT2D eigenvalue weighted by molar-refractivity contribution is 5.94. The van der Waals surface area contributed by atoms with E-state index in [-0.39, 0.29) is 5.82 Å². The van der Waals surface area contributed by atoms with Gasteiger partial charge < -0.3 is 0 Å². The highest BCUT2D eigenvalue weighted by Gasteiger charge is 2.25. The minimum absolute atomic E-state index is 0.110. The molecule has 2 heteroatoms. The third kappa shape index (κ3) is 2.92. The topological polar surface area (TPSA) is 3.88 Å². The molecule has 0 spiro atoms. The van der Waals surface area contributed by atoms with Crippen molar-refractivity contribution >= 4 is 10.8 Å². The van der Waals surface area contributed by atoms with Crippen molar-refractivity contribution in [3.63, 3.8) is 0 Å². The molecule has 1 atom stereocenters. The van der Waals surface area contributed by atoms with Crippen LogP contribution < -0.4 is 4.57 Å². The lowest BCUT2D eigenvalue weighted by Gasteiger charge is -2.15. The molecule has 0 aliphatic rings. The number of aryl methyl sites for hydroxylation is 3. The van der Waals surface area contributed by atoms with E-state index in [4.69, 9.17) is 0 Å². The molecule has 3 aromatic rings. The second kappa shape index (κ2) is 6.83. The summed E-state index contributed by atoms with van der Waals surface area (Å²) >= 11 is 0. The Labute approximate surface area is 156 Å². The summed E-state index contributed by atoms with van der Waals surface area (Å²) in [6.07, 6.45) is 1.11. The van der Waals surface area contributed by atoms with Crippen molar-refractivity contribution < 1.29 is 8.96 Å². The van der Waals surface area contributed by atoms with Crippen molar-refractivity contribution in [3.05, 3.63) is 64.1 Å². The molecule has 0 amide bonds. The van der Waals surface area contributed by atoms with Gasteiger partial charge in [0.1, 0.15) is 12.9 Å². The minimum atomic E-state index is -0.110. The van der Waals surface area contributed by atoms with E-state index < -0.39 is 0 Å². The summed E-state index contributed by atoms with van der Waals surface area (Å²) in [5.41, 5.74) is 7.02. The van der Waals surface area contributed by atoms with Gasteiger partial charge in [-0.15, -0.1) is 0 Å². The van der Waals surface area contributed by atoms with Gasteiger partial charge >= 0.3 is 0 Å². The Kier molecular flexibility index (Phi) is 4.88. The molecule has 0 N–H and O–H groups in total. The summed E-state index contributed by atoms with van der Waals surface area (Å²) < 4.78 is 17.3. The maximum absolute atomic E-state index is 15.2. The summed E-state index contributed by atoms with van der Waals surface area (Å²) in [5, 5.41) is 2.29. The minimum Gasteiger partial charge on any atom is -0.206 e. The van der Waals surface area contributed by atoms with Gasteiger partial charge in [0.05, 0.1) is 10.9 Å². The molecule has 1 aromatic heterocycles. The fraction of sp³-hybridized carbons (Fsp3) is 0.375. The number of benzene rings is 2. The number of hydrogen-bond acceptors (Lipinski definition) is 0. The van der Waals surface area contributed by atoms with Crippen LogP contribution >= 0.6 is 0 Å². The molecule has 3 rings (SSSR count). The summed E-state index contributed by atoms with van der Waals surface area (Å²) in [6.45, 7) is 12.5. The van der Waals surface area contributed by atoms with E-state index in [2.05, 4.69) is 56.5 Å². The quantitative estimate of drug-likeness (QED) is 0.494. The van der Waals surface area contributed by atoms with Crippen LogP contribution in [0.3, 0.4) is 0 Å². The molecule has 0 aliphatic carbocycles. The average Bonchev–Trinajstić information content (AvgIpc) is 2.62. The van der Waals surface area contributed by atoms with E-state index in [1.165, 1.54) is 10.9 Å². The third-order valence-corrected chi connectivity index (χ3v) is 5.94. The first-order valence-electron chi connectivity index (χ1n) is 9.46. The number of rotatable bonds is 3. The maximum Gasteiger partial charge on any atom is 0.223 e. The Balaban J connectivity index is 2.42. The van der Waals surface area contributed by atoms with Crippen LogP contribution in [0.15, 0.2) is 30.3 Å². The van der Waals surface area contributed by atoms with Crippen molar-refractivity contribution in [1.29, 1.82) is 0 Å². The Hall–Kier alpha value is -2.22. The molecule has 26 heavy (non-hydrogen) atoms. The zero-order valence-electron chi connectivity index (χ0n) is 17.0. The average molecular weight is 351 g/mol. The highest BCUT2D eigenvalue weighted by Crippen LogP contribution is 2.35. The fourth-order valence-electron chi connectivity index (χ4n) is 3.78. The number of halogens is 1. The molecular weight excluding hydrogens is 321 g/mol. The van der Waals surface area contributed by atoms with Gasteiger partial charge in [-0.2, -0.15) is 4.57 Å². The van der Waals surface area contributed by atoms with E-state index in [0.29, 0.717) is 11.5 Å². The monoisotopic (exact) mass is 350 g/mol. The number of pyridine rings is 1. The molecule has 0 fully saturated rings. The molecule has 1 unspecified atom stereocenters. The Morgan fingerprint density at radius 1 is 1.00 bits per heavy atom. The molecular formula is C24H29FN+.